The lowest BCUT2D eigenvalue weighted by Crippen LogP contribution is -2.27. The zero-order valence-corrected chi connectivity index (χ0v) is 16.4. The normalized spacial score (nSPS) is 11.7. The Kier molecular flexibility index (Phi) is 12.5. The van der Waals surface area contributed by atoms with Crippen molar-refractivity contribution < 1.29 is 24.1 Å². The highest BCUT2D eigenvalue weighted by Crippen LogP contribution is 2.30. The molecule has 0 spiro atoms. The number of hydrogen-bond acceptors (Lipinski definition) is 8. The van der Waals surface area contributed by atoms with Crippen LogP contribution in [-0.4, -0.2) is 46.7 Å². The molecule has 10 heteroatoms. The van der Waals surface area contributed by atoms with Crippen molar-refractivity contribution >= 4 is 41.3 Å². The molecule has 0 aliphatic rings. The molecule has 0 bridgehead atoms. The first-order chi connectivity index (χ1) is 12.1. The van der Waals surface area contributed by atoms with Gasteiger partial charge in [-0.05, 0) is 41.9 Å². The number of carbonyl (C=O) groups excluding carboxylic acids is 2. The average molecular weight is 406 g/mol. The summed E-state index contributed by atoms with van der Waals surface area (Å²) in [7, 11) is 1.55. The highest BCUT2D eigenvalue weighted by Gasteiger charge is 2.09. The molecule has 1 rings (SSSR count). The molecule has 0 saturated heterocycles. The van der Waals surface area contributed by atoms with Crippen molar-refractivity contribution in [3.05, 3.63) is 24.4 Å². The molecule has 25 heavy (non-hydrogen) atoms. The van der Waals surface area contributed by atoms with Crippen LogP contribution < -0.4 is 5.48 Å². The first-order valence-electron chi connectivity index (χ1n) is 7.93. The van der Waals surface area contributed by atoms with Crippen molar-refractivity contribution in [2.24, 2.45) is 0 Å². The third-order valence-corrected chi connectivity index (χ3v) is 7.01. The maximum absolute atomic E-state index is 11.9. The monoisotopic (exact) mass is 406 g/mol. The van der Waals surface area contributed by atoms with E-state index in [1.165, 1.54) is 0 Å². The molecule has 0 aromatic carbocycles. The molecular weight excluding hydrogens is 383 g/mol. The molecule has 0 aliphatic heterocycles. The summed E-state index contributed by atoms with van der Waals surface area (Å²) in [6.45, 7) is -0.310. The molecule has 1 unspecified atom stereocenters. The van der Waals surface area contributed by atoms with Crippen LogP contribution in [0.1, 0.15) is 25.7 Å². The highest BCUT2D eigenvalue weighted by atomic mass is 33.1. The molecular formula is C15H23N2O5PS2. The van der Waals surface area contributed by atoms with E-state index >= 15 is 0 Å². The van der Waals surface area contributed by atoms with Crippen molar-refractivity contribution in [3.63, 3.8) is 0 Å². The molecule has 0 saturated carbocycles. The highest BCUT2D eigenvalue weighted by molar-refractivity contribution is 8.76. The van der Waals surface area contributed by atoms with E-state index in [-0.39, 0.29) is 25.6 Å². The standard InChI is InChI=1S/C15H23N2O5PS2/c18-9-6-13(19)17-22-15(20)7-11-23(21)10-3-4-12-24-25-14-5-1-2-8-16-14/h1-2,5,8,18,23H,3-4,6-7,9-12H2,(H,17,19). The van der Waals surface area contributed by atoms with Crippen LogP contribution in [-0.2, 0) is 19.0 Å². The van der Waals surface area contributed by atoms with Gasteiger partial charge in [0.25, 0.3) is 5.91 Å². The Morgan fingerprint density at radius 3 is 2.80 bits per heavy atom. The summed E-state index contributed by atoms with van der Waals surface area (Å²) < 4.78 is 11.9. The van der Waals surface area contributed by atoms with Gasteiger partial charge in [-0.2, -0.15) is 5.48 Å². The molecule has 1 atom stereocenters. The zero-order chi connectivity index (χ0) is 18.3. The second-order valence-electron chi connectivity index (χ2n) is 5.04. The number of aliphatic hydroxyl groups excluding tert-OH is 1. The van der Waals surface area contributed by atoms with Crippen LogP contribution in [0.3, 0.4) is 0 Å². The number of aliphatic hydroxyl groups is 1. The number of rotatable bonds is 12. The Morgan fingerprint density at radius 2 is 2.08 bits per heavy atom. The van der Waals surface area contributed by atoms with Crippen molar-refractivity contribution in [3.8, 4) is 0 Å². The predicted molar refractivity (Wildman–Crippen MR) is 101 cm³/mol. The van der Waals surface area contributed by atoms with E-state index in [4.69, 9.17) is 5.11 Å². The quantitative estimate of drug-likeness (QED) is 0.236. The van der Waals surface area contributed by atoms with Gasteiger partial charge in [0.1, 0.15) is 5.03 Å². The fourth-order valence-corrected chi connectivity index (χ4v) is 5.07. The van der Waals surface area contributed by atoms with Gasteiger partial charge in [0.2, 0.25) is 0 Å². The lowest BCUT2D eigenvalue weighted by molar-refractivity contribution is -0.158. The van der Waals surface area contributed by atoms with E-state index in [9.17, 15) is 14.2 Å². The van der Waals surface area contributed by atoms with Crippen LogP contribution in [0.25, 0.3) is 0 Å². The maximum Gasteiger partial charge on any atom is 0.332 e. The van der Waals surface area contributed by atoms with E-state index in [1.807, 2.05) is 23.7 Å². The summed E-state index contributed by atoms with van der Waals surface area (Å²) in [5, 5.41) is 9.51. The fraction of sp³-hybridized carbons (Fsp3) is 0.533. The van der Waals surface area contributed by atoms with E-state index in [0.717, 1.165) is 23.6 Å². The van der Waals surface area contributed by atoms with Crippen LogP contribution in [0.2, 0.25) is 0 Å². The first kappa shape index (κ1) is 22.0. The van der Waals surface area contributed by atoms with Crippen LogP contribution in [0.4, 0.5) is 0 Å². The molecule has 1 amide bonds. The summed E-state index contributed by atoms with van der Waals surface area (Å²) in [5.74, 6) is -0.230. The van der Waals surface area contributed by atoms with Gasteiger partial charge in [-0.3, -0.25) is 4.79 Å². The second-order valence-corrected chi connectivity index (χ2v) is 9.56. The molecule has 1 heterocycles. The number of nitrogens with zero attached hydrogens (tertiary/aromatic N) is 1. The van der Waals surface area contributed by atoms with Gasteiger partial charge in [0.15, 0.2) is 0 Å². The van der Waals surface area contributed by atoms with Gasteiger partial charge in [0.05, 0.1) is 27.2 Å². The molecule has 0 radical (unpaired) electrons. The minimum atomic E-state index is -1.80. The Morgan fingerprint density at radius 1 is 1.24 bits per heavy atom. The van der Waals surface area contributed by atoms with Crippen molar-refractivity contribution in [2.75, 3.05) is 24.7 Å². The van der Waals surface area contributed by atoms with Crippen molar-refractivity contribution in [1.82, 2.24) is 10.5 Å². The lowest BCUT2D eigenvalue weighted by atomic mass is 10.4. The molecule has 1 aromatic heterocycles. The van der Waals surface area contributed by atoms with Gasteiger partial charge in [0, 0.05) is 18.1 Å². The van der Waals surface area contributed by atoms with Crippen LogP contribution in [0.5, 0.6) is 0 Å². The summed E-state index contributed by atoms with van der Waals surface area (Å²) in [5.41, 5.74) is 1.94. The number of pyridine rings is 1. The lowest BCUT2D eigenvalue weighted by Gasteiger charge is -2.05. The number of amides is 1. The van der Waals surface area contributed by atoms with E-state index in [1.54, 1.807) is 27.8 Å². The second kappa shape index (κ2) is 14.2. The third kappa shape index (κ3) is 12.0. The molecule has 0 aliphatic carbocycles. The van der Waals surface area contributed by atoms with Gasteiger partial charge in [-0.25, -0.2) is 9.78 Å². The predicted octanol–water partition coefficient (Wildman–Crippen LogP) is 2.51. The molecule has 7 nitrogen and oxygen atoms in total. The largest absolute Gasteiger partial charge is 0.396 e. The minimum Gasteiger partial charge on any atom is -0.396 e. The molecule has 0 fully saturated rings. The topological polar surface area (TPSA) is 106 Å². The third-order valence-electron chi connectivity index (χ3n) is 2.94. The number of hydroxylamine groups is 1. The smallest absolute Gasteiger partial charge is 0.332 e. The van der Waals surface area contributed by atoms with Crippen molar-refractivity contribution in [2.45, 2.75) is 30.7 Å². The van der Waals surface area contributed by atoms with Crippen LogP contribution in [0, 0.1) is 0 Å². The summed E-state index contributed by atoms with van der Waals surface area (Å²) >= 11 is 0. The minimum absolute atomic E-state index is 0.0154. The maximum atomic E-state index is 11.9. The Balaban J connectivity index is 1.98. The molecule has 2 N–H and O–H groups in total. The Bertz CT molecular complexity index is 548. The van der Waals surface area contributed by atoms with Crippen molar-refractivity contribution in [1.29, 1.82) is 0 Å². The Hall–Kier alpha value is -1.02. The van der Waals surface area contributed by atoms with Gasteiger partial charge < -0.3 is 14.5 Å². The number of carbonyl (C=O) groups is 2. The van der Waals surface area contributed by atoms with Gasteiger partial charge in [-0.1, -0.05) is 16.9 Å². The summed E-state index contributed by atoms with van der Waals surface area (Å²) in [6.07, 6.45) is 4.37. The fourth-order valence-electron chi connectivity index (χ4n) is 1.67. The first-order valence-corrected chi connectivity index (χ1v) is 12.1. The number of nitrogens with one attached hydrogen (secondary N) is 1. The van der Waals surface area contributed by atoms with Gasteiger partial charge in [-0.15, -0.1) is 0 Å². The molecule has 1 aromatic rings. The van der Waals surface area contributed by atoms with Gasteiger partial charge >= 0.3 is 5.97 Å². The zero-order valence-electron chi connectivity index (χ0n) is 13.8. The van der Waals surface area contributed by atoms with Crippen LogP contribution >= 0.6 is 29.4 Å². The Labute approximate surface area is 155 Å². The van der Waals surface area contributed by atoms with E-state index in [2.05, 4.69) is 9.82 Å². The van der Waals surface area contributed by atoms with E-state index in [0.29, 0.717) is 6.16 Å². The van der Waals surface area contributed by atoms with Crippen LogP contribution in [0.15, 0.2) is 29.4 Å². The number of aromatic nitrogens is 1. The summed E-state index contributed by atoms with van der Waals surface area (Å²) in [4.78, 5) is 31.1. The van der Waals surface area contributed by atoms with E-state index < -0.39 is 19.7 Å². The average Bonchev–Trinajstić information content (AvgIpc) is 2.62. The number of hydrogen-bond donors (Lipinski definition) is 2. The summed E-state index contributed by atoms with van der Waals surface area (Å²) in [6, 6.07) is 5.79. The molecule has 140 valence electrons. The number of unbranched alkanes of at least 4 members (excludes halogenated alkanes) is 1. The SMILES string of the molecule is O=C(CCO)NOC(=O)CC[PH](=O)CCCCSSc1ccccn1.